The summed E-state index contributed by atoms with van der Waals surface area (Å²) in [5.41, 5.74) is 8.02. The molecule has 0 fully saturated rings. The van der Waals surface area contributed by atoms with Gasteiger partial charge in [0.1, 0.15) is 10.7 Å². The number of nitrogens with two attached hydrogens (primary N) is 1. The van der Waals surface area contributed by atoms with Crippen LogP contribution in [0.4, 0.5) is 10.1 Å². The van der Waals surface area contributed by atoms with Gasteiger partial charge in [-0.25, -0.2) is 9.18 Å². The Balaban J connectivity index is 2.68. The molecule has 0 spiro atoms. The van der Waals surface area contributed by atoms with E-state index in [1.165, 1.54) is 6.07 Å². The van der Waals surface area contributed by atoms with Crippen LogP contribution in [0.3, 0.4) is 0 Å². The predicted octanol–water partition coefficient (Wildman–Crippen LogP) is 3.71. The SMILES string of the molecule is CCc1c(-c2ccc(C)cc2F)sc(C(=O)O)c1N. The first-order valence-corrected chi connectivity index (χ1v) is 6.68. The molecule has 0 saturated carbocycles. The number of benzene rings is 1. The highest BCUT2D eigenvalue weighted by Crippen LogP contribution is 2.40. The van der Waals surface area contributed by atoms with Gasteiger partial charge in [-0.3, -0.25) is 0 Å². The van der Waals surface area contributed by atoms with Gasteiger partial charge < -0.3 is 10.8 Å². The van der Waals surface area contributed by atoms with Crippen LogP contribution in [0.25, 0.3) is 10.4 Å². The molecular formula is C14H14FNO2S. The van der Waals surface area contributed by atoms with Crippen molar-refractivity contribution in [3.63, 3.8) is 0 Å². The molecule has 0 aliphatic carbocycles. The third-order valence-electron chi connectivity index (χ3n) is 2.96. The normalized spacial score (nSPS) is 10.7. The van der Waals surface area contributed by atoms with Gasteiger partial charge in [-0.1, -0.05) is 19.1 Å². The highest BCUT2D eigenvalue weighted by molar-refractivity contribution is 7.18. The lowest BCUT2D eigenvalue weighted by Gasteiger charge is -2.05. The molecule has 2 rings (SSSR count). The topological polar surface area (TPSA) is 63.3 Å². The number of nitrogen functional groups attached to an aromatic ring is 1. The third-order valence-corrected chi connectivity index (χ3v) is 4.23. The quantitative estimate of drug-likeness (QED) is 0.900. The number of hydrogen-bond donors (Lipinski definition) is 2. The van der Waals surface area contributed by atoms with Crippen LogP contribution in [0.2, 0.25) is 0 Å². The van der Waals surface area contributed by atoms with E-state index in [0.717, 1.165) is 16.9 Å². The van der Waals surface area contributed by atoms with Crippen LogP contribution in [0, 0.1) is 12.7 Å². The Bertz CT molecular complexity index is 649. The summed E-state index contributed by atoms with van der Waals surface area (Å²) in [7, 11) is 0. The number of aromatic carboxylic acids is 1. The molecule has 0 aliphatic rings. The summed E-state index contributed by atoms with van der Waals surface area (Å²) in [4.78, 5) is 11.8. The Morgan fingerprint density at radius 1 is 1.47 bits per heavy atom. The number of aryl methyl sites for hydroxylation is 1. The fourth-order valence-electron chi connectivity index (χ4n) is 2.01. The summed E-state index contributed by atoms with van der Waals surface area (Å²) in [5, 5.41) is 9.10. The van der Waals surface area contributed by atoms with E-state index in [-0.39, 0.29) is 16.4 Å². The highest BCUT2D eigenvalue weighted by atomic mass is 32.1. The number of halogens is 1. The highest BCUT2D eigenvalue weighted by Gasteiger charge is 2.21. The molecule has 3 nitrogen and oxygen atoms in total. The van der Waals surface area contributed by atoms with Crippen molar-refractivity contribution in [2.45, 2.75) is 20.3 Å². The van der Waals surface area contributed by atoms with Gasteiger partial charge in [0.15, 0.2) is 0 Å². The molecule has 100 valence electrons. The smallest absolute Gasteiger partial charge is 0.348 e. The van der Waals surface area contributed by atoms with Crippen LogP contribution in [0.5, 0.6) is 0 Å². The molecule has 1 aromatic carbocycles. The second-order valence-corrected chi connectivity index (χ2v) is 5.32. The maximum Gasteiger partial charge on any atom is 0.348 e. The average molecular weight is 279 g/mol. The molecule has 1 heterocycles. The Kier molecular flexibility index (Phi) is 3.57. The van der Waals surface area contributed by atoms with Crippen molar-refractivity contribution in [1.29, 1.82) is 0 Å². The van der Waals surface area contributed by atoms with Crippen molar-refractivity contribution >= 4 is 23.0 Å². The minimum Gasteiger partial charge on any atom is -0.477 e. The zero-order valence-electron chi connectivity index (χ0n) is 10.7. The van der Waals surface area contributed by atoms with E-state index in [0.29, 0.717) is 22.4 Å². The van der Waals surface area contributed by atoms with Gasteiger partial charge in [0.2, 0.25) is 0 Å². The zero-order chi connectivity index (χ0) is 14.2. The molecule has 0 saturated heterocycles. The van der Waals surface area contributed by atoms with Crippen LogP contribution in [-0.2, 0) is 6.42 Å². The van der Waals surface area contributed by atoms with Crippen molar-refractivity contribution < 1.29 is 14.3 Å². The molecule has 0 aliphatic heterocycles. The number of carboxylic acids is 1. The van der Waals surface area contributed by atoms with Crippen molar-refractivity contribution in [2.75, 3.05) is 5.73 Å². The minimum atomic E-state index is -1.07. The molecular weight excluding hydrogens is 265 g/mol. The molecule has 2 aromatic rings. The van der Waals surface area contributed by atoms with Crippen molar-refractivity contribution in [2.24, 2.45) is 0 Å². The van der Waals surface area contributed by atoms with Gasteiger partial charge in [0.05, 0.1) is 5.69 Å². The van der Waals surface area contributed by atoms with Crippen LogP contribution < -0.4 is 5.73 Å². The van der Waals surface area contributed by atoms with Gasteiger partial charge >= 0.3 is 5.97 Å². The molecule has 0 amide bonds. The lowest BCUT2D eigenvalue weighted by molar-refractivity contribution is 0.0703. The first-order chi connectivity index (χ1) is 8.95. The van der Waals surface area contributed by atoms with Gasteiger partial charge in [0.25, 0.3) is 0 Å². The monoisotopic (exact) mass is 279 g/mol. The Morgan fingerprint density at radius 2 is 2.16 bits per heavy atom. The van der Waals surface area contributed by atoms with Gasteiger partial charge in [-0.2, -0.15) is 0 Å². The first-order valence-electron chi connectivity index (χ1n) is 5.86. The summed E-state index contributed by atoms with van der Waals surface area (Å²) in [6.07, 6.45) is 0.568. The van der Waals surface area contributed by atoms with E-state index in [2.05, 4.69) is 0 Å². The van der Waals surface area contributed by atoms with Crippen LogP contribution in [0.1, 0.15) is 27.7 Å². The largest absolute Gasteiger partial charge is 0.477 e. The fourth-order valence-corrected chi connectivity index (χ4v) is 3.19. The summed E-state index contributed by atoms with van der Waals surface area (Å²) in [6.45, 7) is 3.68. The van der Waals surface area contributed by atoms with Crippen LogP contribution in [0.15, 0.2) is 18.2 Å². The standard InChI is InChI=1S/C14H14FNO2S/c1-3-8-11(16)13(14(17)18)19-12(8)9-5-4-7(2)6-10(9)15/h4-6H,3,16H2,1-2H3,(H,17,18). The Hall–Kier alpha value is -1.88. The van der Waals surface area contributed by atoms with E-state index in [4.69, 9.17) is 10.8 Å². The molecule has 0 unspecified atom stereocenters. The Morgan fingerprint density at radius 3 is 2.68 bits per heavy atom. The van der Waals surface area contributed by atoms with Gasteiger partial charge in [0, 0.05) is 10.4 Å². The van der Waals surface area contributed by atoms with E-state index >= 15 is 0 Å². The van der Waals surface area contributed by atoms with E-state index < -0.39 is 5.97 Å². The molecule has 0 bridgehead atoms. The van der Waals surface area contributed by atoms with Crippen molar-refractivity contribution in [3.05, 3.63) is 40.0 Å². The maximum absolute atomic E-state index is 14.0. The van der Waals surface area contributed by atoms with Crippen LogP contribution in [-0.4, -0.2) is 11.1 Å². The summed E-state index contributed by atoms with van der Waals surface area (Å²) >= 11 is 1.03. The van der Waals surface area contributed by atoms with E-state index in [9.17, 15) is 9.18 Å². The molecule has 1 aromatic heterocycles. The molecule has 3 N–H and O–H groups in total. The first kappa shape index (κ1) is 13.5. The maximum atomic E-state index is 14.0. The molecule has 5 heteroatoms. The summed E-state index contributed by atoms with van der Waals surface area (Å²) < 4.78 is 14.0. The lowest BCUT2D eigenvalue weighted by atomic mass is 10.0. The minimum absolute atomic E-state index is 0.0758. The summed E-state index contributed by atoms with van der Waals surface area (Å²) in [6, 6.07) is 4.90. The molecule has 0 atom stereocenters. The zero-order valence-corrected chi connectivity index (χ0v) is 11.5. The second-order valence-electron chi connectivity index (χ2n) is 4.29. The fraction of sp³-hybridized carbons (Fsp3) is 0.214. The molecule has 19 heavy (non-hydrogen) atoms. The number of carbonyl (C=O) groups is 1. The van der Waals surface area contributed by atoms with Gasteiger partial charge in [-0.15, -0.1) is 11.3 Å². The number of rotatable bonds is 3. The van der Waals surface area contributed by atoms with Crippen molar-refractivity contribution in [3.8, 4) is 10.4 Å². The summed E-state index contributed by atoms with van der Waals surface area (Å²) in [5.74, 6) is -1.43. The van der Waals surface area contributed by atoms with E-state index in [1.54, 1.807) is 19.1 Å². The number of thiophene rings is 1. The molecule has 0 radical (unpaired) electrons. The number of anilines is 1. The number of hydrogen-bond acceptors (Lipinski definition) is 3. The lowest BCUT2D eigenvalue weighted by Crippen LogP contribution is -1.99. The van der Waals surface area contributed by atoms with E-state index in [1.807, 2.05) is 6.92 Å². The number of carboxylic acid groups (broad SMARTS) is 1. The second kappa shape index (κ2) is 5.01. The third kappa shape index (κ3) is 2.33. The average Bonchev–Trinajstić information content (AvgIpc) is 2.66. The van der Waals surface area contributed by atoms with Gasteiger partial charge in [-0.05, 0) is 30.5 Å². The Labute approximate surface area is 114 Å². The van der Waals surface area contributed by atoms with Crippen molar-refractivity contribution in [1.82, 2.24) is 0 Å². The predicted molar refractivity (Wildman–Crippen MR) is 75.2 cm³/mol. The van der Waals surface area contributed by atoms with Crippen LogP contribution >= 0.6 is 11.3 Å².